The van der Waals surface area contributed by atoms with Crippen LogP contribution < -0.4 is 10.1 Å². The largest absolute Gasteiger partial charge is 0.496 e. The summed E-state index contributed by atoms with van der Waals surface area (Å²) in [4.78, 5) is 11.9. The maximum absolute atomic E-state index is 11.9. The fourth-order valence-electron chi connectivity index (χ4n) is 1.71. The van der Waals surface area contributed by atoms with Gasteiger partial charge in [-0.2, -0.15) is 0 Å². The summed E-state index contributed by atoms with van der Waals surface area (Å²) < 4.78 is 5.36. The SMILES string of the molecule is CNCC(=O)c1cccc(C(C)C)c1OC. The third kappa shape index (κ3) is 2.61. The third-order valence-corrected chi connectivity index (χ3v) is 2.51. The summed E-state index contributed by atoms with van der Waals surface area (Å²) in [5.74, 6) is 1.11. The molecule has 0 saturated carbocycles. The van der Waals surface area contributed by atoms with E-state index < -0.39 is 0 Å². The summed E-state index contributed by atoms with van der Waals surface area (Å²) in [6.45, 7) is 4.51. The normalized spacial score (nSPS) is 10.6. The molecule has 16 heavy (non-hydrogen) atoms. The van der Waals surface area contributed by atoms with Crippen LogP contribution in [0.2, 0.25) is 0 Å². The lowest BCUT2D eigenvalue weighted by Crippen LogP contribution is -2.19. The molecule has 1 aromatic rings. The molecule has 0 atom stereocenters. The van der Waals surface area contributed by atoms with E-state index >= 15 is 0 Å². The minimum Gasteiger partial charge on any atom is -0.496 e. The minimum absolute atomic E-state index is 0.0573. The fourth-order valence-corrected chi connectivity index (χ4v) is 1.71. The molecule has 3 nitrogen and oxygen atoms in total. The van der Waals surface area contributed by atoms with Crippen molar-refractivity contribution in [2.45, 2.75) is 19.8 Å². The van der Waals surface area contributed by atoms with Crippen LogP contribution in [0.3, 0.4) is 0 Å². The average molecular weight is 221 g/mol. The lowest BCUT2D eigenvalue weighted by atomic mass is 9.97. The van der Waals surface area contributed by atoms with Crippen LogP contribution in [0.1, 0.15) is 35.7 Å². The molecule has 0 fully saturated rings. The van der Waals surface area contributed by atoms with Gasteiger partial charge in [0.05, 0.1) is 19.2 Å². The van der Waals surface area contributed by atoms with E-state index in [4.69, 9.17) is 4.74 Å². The summed E-state index contributed by atoms with van der Waals surface area (Å²) in [7, 11) is 3.37. The zero-order valence-electron chi connectivity index (χ0n) is 10.3. The Morgan fingerprint density at radius 3 is 2.62 bits per heavy atom. The van der Waals surface area contributed by atoms with E-state index in [1.165, 1.54) is 0 Å². The molecule has 1 aromatic carbocycles. The second-order valence-electron chi connectivity index (χ2n) is 4.04. The first-order chi connectivity index (χ1) is 7.61. The van der Waals surface area contributed by atoms with Gasteiger partial charge in [-0.3, -0.25) is 4.79 Å². The van der Waals surface area contributed by atoms with Crippen LogP contribution in [-0.2, 0) is 0 Å². The van der Waals surface area contributed by atoms with Crippen molar-refractivity contribution in [3.05, 3.63) is 29.3 Å². The highest BCUT2D eigenvalue weighted by atomic mass is 16.5. The van der Waals surface area contributed by atoms with Gasteiger partial charge in [0.1, 0.15) is 5.75 Å². The van der Waals surface area contributed by atoms with E-state index in [1.807, 2.05) is 18.2 Å². The first-order valence-corrected chi connectivity index (χ1v) is 5.46. The molecule has 0 bridgehead atoms. The Morgan fingerprint density at radius 2 is 2.12 bits per heavy atom. The van der Waals surface area contributed by atoms with Gasteiger partial charge in [0.2, 0.25) is 0 Å². The molecule has 0 spiro atoms. The molecule has 0 unspecified atom stereocenters. The standard InChI is InChI=1S/C13H19NO2/c1-9(2)10-6-5-7-11(13(10)16-4)12(15)8-14-3/h5-7,9,14H,8H2,1-4H3. The Hall–Kier alpha value is -1.35. The summed E-state index contributed by atoms with van der Waals surface area (Å²) in [6, 6.07) is 5.71. The maximum Gasteiger partial charge on any atom is 0.180 e. The smallest absolute Gasteiger partial charge is 0.180 e. The van der Waals surface area contributed by atoms with E-state index in [0.29, 0.717) is 23.8 Å². The van der Waals surface area contributed by atoms with Gasteiger partial charge in [-0.15, -0.1) is 0 Å². The van der Waals surface area contributed by atoms with Gasteiger partial charge in [-0.25, -0.2) is 0 Å². The second kappa shape index (κ2) is 5.66. The van der Waals surface area contributed by atoms with Crippen LogP contribution in [0.15, 0.2) is 18.2 Å². The molecule has 0 heterocycles. The zero-order chi connectivity index (χ0) is 12.1. The molecule has 0 aliphatic carbocycles. The van der Waals surface area contributed by atoms with E-state index in [0.717, 1.165) is 5.56 Å². The van der Waals surface area contributed by atoms with Crippen molar-refractivity contribution in [1.82, 2.24) is 5.32 Å². The number of nitrogens with one attached hydrogen (secondary N) is 1. The van der Waals surface area contributed by atoms with E-state index in [1.54, 1.807) is 14.2 Å². The quantitative estimate of drug-likeness (QED) is 0.775. The van der Waals surface area contributed by atoms with Crippen LogP contribution >= 0.6 is 0 Å². The number of hydrogen-bond donors (Lipinski definition) is 1. The van der Waals surface area contributed by atoms with Crippen molar-refractivity contribution >= 4 is 5.78 Å². The van der Waals surface area contributed by atoms with Gasteiger partial charge < -0.3 is 10.1 Å². The van der Waals surface area contributed by atoms with Gasteiger partial charge in [-0.05, 0) is 24.6 Å². The van der Waals surface area contributed by atoms with Crippen molar-refractivity contribution in [1.29, 1.82) is 0 Å². The number of likely N-dealkylation sites (N-methyl/N-ethyl adjacent to an activating group) is 1. The molecule has 0 radical (unpaired) electrons. The number of carbonyl (C=O) groups excluding carboxylic acids is 1. The van der Waals surface area contributed by atoms with Crippen LogP contribution in [0.25, 0.3) is 0 Å². The number of hydrogen-bond acceptors (Lipinski definition) is 3. The minimum atomic E-state index is 0.0573. The Morgan fingerprint density at radius 1 is 1.44 bits per heavy atom. The predicted octanol–water partition coefficient (Wildman–Crippen LogP) is 2.22. The van der Waals surface area contributed by atoms with Crippen LogP contribution in [0.4, 0.5) is 0 Å². The molecule has 1 N–H and O–H groups in total. The summed E-state index contributed by atoms with van der Waals surface area (Å²) in [5, 5.41) is 2.86. The van der Waals surface area contributed by atoms with Gasteiger partial charge >= 0.3 is 0 Å². The predicted molar refractivity (Wildman–Crippen MR) is 65.3 cm³/mol. The van der Waals surface area contributed by atoms with Crippen LogP contribution in [0.5, 0.6) is 5.75 Å². The second-order valence-corrected chi connectivity index (χ2v) is 4.04. The first kappa shape index (κ1) is 12.7. The number of methoxy groups -OCH3 is 1. The zero-order valence-corrected chi connectivity index (χ0v) is 10.3. The fraction of sp³-hybridized carbons (Fsp3) is 0.462. The molecule has 3 heteroatoms. The molecular formula is C13H19NO2. The van der Waals surface area contributed by atoms with Crippen molar-refractivity contribution in [2.24, 2.45) is 0 Å². The number of ketones is 1. The maximum atomic E-state index is 11.9. The van der Waals surface area contributed by atoms with Crippen molar-refractivity contribution in [3.8, 4) is 5.75 Å². The lowest BCUT2D eigenvalue weighted by molar-refractivity contribution is 0.0990. The number of carbonyl (C=O) groups is 1. The Labute approximate surface area is 96.8 Å². The van der Waals surface area contributed by atoms with E-state index in [9.17, 15) is 4.79 Å². The highest BCUT2D eigenvalue weighted by Gasteiger charge is 2.16. The Bertz CT molecular complexity index is 372. The topological polar surface area (TPSA) is 38.3 Å². The molecule has 0 aromatic heterocycles. The van der Waals surface area contributed by atoms with E-state index in [-0.39, 0.29) is 5.78 Å². The highest BCUT2D eigenvalue weighted by Crippen LogP contribution is 2.29. The lowest BCUT2D eigenvalue weighted by Gasteiger charge is -2.15. The Balaban J connectivity index is 3.18. The van der Waals surface area contributed by atoms with Gasteiger partial charge in [0, 0.05) is 0 Å². The third-order valence-electron chi connectivity index (χ3n) is 2.51. The molecular weight excluding hydrogens is 202 g/mol. The average Bonchev–Trinajstić information content (AvgIpc) is 2.28. The summed E-state index contributed by atoms with van der Waals surface area (Å²) >= 11 is 0. The number of ether oxygens (including phenoxy) is 1. The van der Waals surface area contributed by atoms with Gasteiger partial charge in [0.15, 0.2) is 5.78 Å². The monoisotopic (exact) mass is 221 g/mol. The van der Waals surface area contributed by atoms with E-state index in [2.05, 4.69) is 19.2 Å². The first-order valence-electron chi connectivity index (χ1n) is 5.46. The Kier molecular flexibility index (Phi) is 4.50. The molecule has 0 aliphatic rings. The van der Waals surface area contributed by atoms with Crippen molar-refractivity contribution in [3.63, 3.8) is 0 Å². The van der Waals surface area contributed by atoms with Crippen molar-refractivity contribution in [2.75, 3.05) is 20.7 Å². The van der Waals surface area contributed by atoms with Gasteiger partial charge in [0.25, 0.3) is 0 Å². The number of rotatable bonds is 5. The van der Waals surface area contributed by atoms with Crippen molar-refractivity contribution < 1.29 is 9.53 Å². The molecule has 88 valence electrons. The highest BCUT2D eigenvalue weighted by molar-refractivity contribution is 6.00. The number of benzene rings is 1. The number of para-hydroxylation sites is 1. The number of Topliss-reactive ketones (excluding diaryl/α,β-unsaturated/α-hetero) is 1. The molecule has 0 amide bonds. The molecule has 0 aliphatic heterocycles. The van der Waals surface area contributed by atoms with Crippen LogP contribution in [-0.4, -0.2) is 26.5 Å². The van der Waals surface area contributed by atoms with Gasteiger partial charge in [-0.1, -0.05) is 26.0 Å². The molecule has 0 saturated heterocycles. The van der Waals surface area contributed by atoms with Crippen LogP contribution in [0, 0.1) is 0 Å². The molecule has 1 rings (SSSR count). The summed E-state index contributed by atoms with van der Waals surface area (Å²) in [6.07, 6.45) is 0. The summed E-state index contributed by atoms with van der Waals surface area (Å²) in [5.41, 5.74) is 1.73.